The molecule has 1 aromatic heterocycles. The Hall–Kier alpha value is -2.60. The Balaban J connectivity index is 0.000000360. The summed E-state index contributed by atoms with van der Waals surface area (Å²) in [6, 6.07) is 3.96. The second-order valence-electron chi connectivity index (χ2n) is 8.32. The highest BCUT2D eigenvalue weighted by atomic mass is 19.4. The van der Waals surface area contributed by atoms with Crippen molar-refractivity contribution in [1.29, 1.82) is 0 Å². The molecule has 32 heavy (non-hydrogen) atoms. The number of aliphatic carboxylic acids is 2. The minimum absolute atomic E-state index is 0.191. The fourth-order valence-electron chi connectivity index (χ4n) is 4.03. The van der Waals surface area contributed by atoms with Crippen molar-refractivity contribution in [3.05, 3.63) is 24.2 Å². The first kappa shape index (κ1) is 24.1. The predicted octanol–water partition coefficient (Wildman–Crippen LogP) is 1.35. The lowest BCUT2D eigenvalue weighted by Gasteiger charge is -2.41. The normalized spacial score (nSPS) is 24.7. The smallest absolute Gasteiger partial charge is 0.481 e. The van der Waals surface area contributed by atoms with Gasteiger partial charge in [0.1, 0.15) is 5.76 Å². The third-order valence-electron chi connectivity index (χ3n) is 5.80. The van der Waals surface area contributed by atoms with Crippen molar-refractivity contribution in [2.75, 3.05) is 39.3 Å². The summed E-state index contributed by atoms with van der Waals surface area (Å²) in [5.74, 6) is -2.54. The van der Waals surface area contributed by atoms with Crippen LogP contribution in [-0.2, 0) is 20.9 Å². The van der Waals surface area contributed by atoms with Crippen LogP contribution >= 0.6 is 0 Å². The first-order valence-corrected chi connectivity index (χ1v) is 10.3. The largest absolute Gasteiger partial charge is 0.490 e. The minimum atomic E-state index is -5.08. The molecule has 0 aromatic carbocycles. The number of hydrogen-bond donors (Lipinski definition) is 2. The van der Waals surface area contributed by atoms with E-state index < -0.39 is 24.0 Å². The number of piperazine rings is 1. The molecule has 2 saturated heterocycles. The average Bonchev–Trinajstić information content (AvgIpc) is 3.47. The van der Waals surface area contributed by atoms with E-state index in [-0.39, 0.29) is 17.9 Å². The van der Waals surface area contributed by atoms with Crippen molar-refractivity contribution in [1.82, 2.24) is 14.7 Å². The summed E-state index contributed by atoms with van der Waals surface area (Å²) in [6.45, 7) is 4.63. The first-order chi connectivity index (χ1) is 15.0. The summed E-state index contributed by atoms with van der Waals surface area (Å²) in [5.41, 5.74) is 0. The van der Waals surface area contributed by atoms with Gasteiger partial charge in [-0.05, 0) is 25.0 Å². The van der Waals surface area contributed by atoms with E-state index in [1.807, 2.05) is 17.0 Å². The minimum Gasteiger partial charge on any atom is -0.481 e. The van der Waals surface area contributed by atoms with E-state index in [0.29, 0.717) is 26.2 Å². The van der Waals surface area contributed by atoms with Gasteiger partial charge in [-0.25, -0.2) is 4.79 Å². The van der Waals surface area contributed by atoms with Gasteiger partial charge in [0.15, 0.2) is 0 Å². The van der Waals surface area contributed by atoms with E-state index >= 15 is 0 Å². The number of nitrogens with zero attached hydrogens (tertiary/aromatic N) is 3. The number of carboxylic acids is 2. The van der Waals surface area contributed by atoms with Gasteiger partial charge in [-0.3, -0.25) is 19.4 Å². The number of hydrogen-bond acceptors (Lipinski definition) is 6. The van der Waals surface area contributed by atoms with Crippen molar-refractivity contribution >= 4 is 17.8 Å². The molecule has 2 N–H and O–H groups in total. The van der Waals surface area contributed by atoms with Crippen LogP contribution in [-0.4, -0.2) is 94.2 Å². The molecule has 178 valence electrons. The van der Waals surface area contributed by atoms with Crippen LogP contribution in [0.1, 0.15) is 18.6 Å². The Labute approximate surface area is 182 Å². The van der Waals surface area contributed by atoms with Gasteiger partial charge in [0.05, 0.1) is 18.7 Å². The maximum Gasteiger partial charge on any atom is 0.490 e. The lowest BCUT2D eigenvalue weighted by Crippen LogP contribution is -2.57. The van der Waals surface area contributed by atoms with E-state index in [9.17, 15) is 27.9 Å². The molecule has 0 spiro atoms. The Bertz CT molecular complexity index is 812. The lowest BCUT2D eigenvalue weighted by atomic mass is 10.1. The Morgan fingerprint density at radius 1 is 1.03 bits per heavy atom. The van der Waals surface area contributed by atoms with E-state index in [1.54, 1.807) is 6.26 Å². The Morgan fingerprint density at radius 3 is 2.25 bits per heavy atom. The molecule has 2 unspecified atom stereocenters. The Morgan fingerprint density at radius 2 is 1.72 bits per heavy atom. The number of carboxylic acid groups (broad SMARTS) is 2. The number of fused-ring (bicyclic) bond motifs is 1. The summed E-state index contributed by atoms with van der Waals surface area (Å²) in [5, 5.41) is 16.7. The fourth-order valence-corrected chi connectivity index (χ4v) is 4.03. The molecule has 0 radical (unpaired) electrons. The molecule has 3 fully saturated rings. The van der Waals surface area contributed by atoms with Crippen molar-refractivity contribution in [3.8, 4) is 0 Å². The Kier molecular flexibility index (Phi) is 7.44. The van der Waals surface area contributed by atoms with Gasteiger partial charge in [-0.1, -0.05) is 0 Å². The van der Waals surface area contributed by atoms with Crippen LogP contribution in [0, 0.1) is 11.8 Å². The number of amides is 1. The molecule has 2 atom stereocenters. The van der Waals surface area contributed by atoms with Gasteiger partial charge in [0, 0.05) is 51.2 Å². The summed E-state index contributed by atoms with van der Waals surface area (Å²) in [7, 11) is 0. The molecular weight excluding hydrogens is 435 g/mol. The molecule has 1 aromatic rings. The number of halogens is 3. The van der Waals surface area contributed by atoms with Crippen LogP contribution < -0.4 is 0 Å². The van der Waals surface area contributed by atoms with Crippen LogP contribution in [0.5, 0.6) is 0 Å². The van der Waals surface area contributed by atoms with Crippen LogP contribution in [0.3, 0.4) is 0 Å². The van der Waals surface area contributed by atoms with Crippen LogP contribution in [0.4, 0.5) is 13.2 Å². The number of carbonyl (C=O) groups is 3. The van der Waals surface area contributed by atoms with Crippen molar-refractivity contribution < 1.29 is 42.2 Å². The third kappa shape index (κ3) is 6.45. The number of carbonyl (C=O) groups excluding carboxylic acids is 1. The molecule has 9 nitrogen and oxygen atoms in total. The monoisotopic (exact) mass is 461 g/mol. The van der Waals surface area contributed by atoms with E-state index in [1.165, 1.54) is 0 Å². The summed E-state index contributed by atoms with van der Waals surface area (Å²) < 4.78 is 37.2. The molecule has 3 heterocycles. The van der Waals surface area contributed by atoms with Gasteiger partial charge in [0.25, 0.3) is 0 Å². The number of furan rings is 1. The average molecular weight is 461 g/mol. The molecule has 0 bridgehead atoms. The van der Waals surface area contributed by atoms with E-state index in [0.717, 1.165) is 38.2 Å². The van der Waals surface area contributed by atoms with Crippen molar-refractivity contribution in [3.63, 3.8) is 0 Å². The topological polar surface area (TPSA) is 115 Å². The molecule has 1 saturated carbocycles. The first-order valence-electron chi connectivity index (χ1n) is 10.3. The standard InChI is InChI=1S/C18H25N3O4.C2HF3O2/c22-17(13-3-4-13)21-6-5-20-9-14(18(23)24)8-19(10-15(20)11-21)12-16-2-1-7-25-16;3-2(4,5)1(6)7/h1-2,7,13-15H,3-6,8-12H2,(H,23,24);(H,6,7). The van der Waals surface area contributed by atoms with Gasteiger partial charge in [0.2, 0.25) is 5.91 Å². The highest BCUT2D eigenvalue weighted by Gasteiger charge is 2.40. The number of alkyl halides is 3. The summed E-state index contributed by atoms with van der Waals surface area (Å²) in [4.78, 5) is 39.4. The predicted molar refractivity (Wildman–Crippen MR) is 103 cm³/mol. The van der Waals surface area contributed by atoms with Gasteiger partial charge >= 0.3 is 18.1 Å². The zero-order valence-electron chi connectivity index (χ0n) is 17.3. The van der Waals surface area contributed by atoms with Gasteiger partial charge in [-0.2, -0.15) is 13.2 Å². The molecule has 3 aliphatic rings. The second-order valence-corrected chi connectivity index (χ2v) is 8.32. The molecule has 4 rings (SSSR count). The summed E-state index contributed by atoms with van der Waals surface area (Å²) in [6.07, 6.45) is -1.39. The molecular formula is C20H26F3N3O6. The lowest BCUT2D eigenvalue weighted by molar-refractivity contribution is -0.192. The SMILES string of the molecule is O=C(O)C(F)(F)F.O=C(O)C1CN(Cc2ccco2)CC2CN(C(=O)C3CC3)CCN2C1. The molecule has 1 aliphatic carbocycles. The zero-order valence-corrected chi connectivity index (χ0v) is 17.3. The van der Waals surface area contributed by atoms with Crippen LogP contribution in [0.15, 0.2) is 22.8 Å². The fraction of sp³-hybridized carbons (Fsp3) is 0.650. The highest BCUT2D eigenvalue weighted by Crippen LogP contribution is 2.32. The van der Waals surface area contributed by atoms with Crippen LogP contribution in [0.25, 0.3) is 0 Å². The molecule has 12 heteroatoms. The third-order valence-corrected chi connectivity index (χ3v) is 5.80. The second kappa shape index (κ2) is 9.90. The highest BCUT2D eigenvalue weighted by molar-refractivity contribution is 5.81. The van der Waals surface area contributed by atoms with Gasteiger partial charge < -0.3 is 19.5 Å². The summed E-state index contributed by atoms with van der Waals surface area (Å²) >= 11 is 0. The maximum absolute atomic E-state index is 12.4. The van der Waals surface area contributed by atoms with Crippen molar-refractivity contribution in [2.24, 2.45) is 11.8 Å². The quantitative estimate of drug-likeness (QED) is 0.691. The van der Waals surface area contributed by atoms with E-state index in [2.05, 4.69) is 9.80 Å². The van der Waals surface area contributed by atoms with Gasteiger partial charge in [-0.15, -0.1) is 0 Å². The number of rotatable bonds is 4. The van der Waals surface area contributed by atoms with Crippen LogP contribution in [0.2, 0.25) is 0 Å². The molecule has 2 aliphatic heterocycles. The van der Waals surface area contributed by atoms with E-state index in [4.69, 9.17) is 14.3 Å². The zero-order chi connectivity index (χ0) is 23.5. The molecule has 1 amide bonds. The van der Waals surface area contributed by atoms with Crippen molar-refractivity contribution in [2.45, 2.75) is 31.6 Å². The maximum atomic E-state index is 12.4.